The van der Waals surface area contributed by atoms with Crippen molar-refractivity contribution in [3.63, 3.8) is 0 Å². The summed E-state index contributed by atoms with van der Waals surface area (Å²) >= 11 is 0. The second kappa shape index (κ2) is 5.51. The molecule has 0 aliphatic heterocycles. The zero-order valence-corrected chi connectivity index (χ0v) is 10.2. The number of rotatable bonds is 2. The number of carbonyl (C=O) groups is 1. The predicted octanol–water partition coefficient (Wildman–Crippen LogP) is 3.47. The summed E-state index contributed by atoms with van der Waals surface area (Å²) in [6.07, 6.45) is 10.8. The summed E-state index contributed by atoms with van der Waals surface area (Å²) < 4.78 is 5.18. The topological polar surface area (TPSA) is 26.3 Å². The lowest BCUT2D eigenvalue weighted by Gasteiger charge is -2.31. The molecule has 1 saturated carbocycles. The van der Waals surface area contributed by atoms with Gasteiger partial charge in [-0.3, -0.25) is 4.79 Å². The van der Waals surface area contributed by atoms with Crippen LogP contribution in [-0.4, -0.2) is 12.6 Å². The van der Waals surface area contributed by atoms with E-state index in [0.717, 1.165) is 12.8 Å². The van der Waals surface area contributed by atoms with E-state index in [2.05, 4.69) is 6.08 Å². The molecule has 0 aromatic rings. The van der Waals surface area contributed by atoms with Crippen LogP contribution in [0.3, 0.4) is 0 Å². The van der Waals surface area contributed by atoms with Crippen molar-refractivity contribution in [1.29, 1.82) is 0 Å². The standard InChI is InChI=1S/C14H22O2/c1-2-16-14(15)13-9-8-11-6-4-3-5-7-12(13)10-11/h8,12-13H,2-7,9-10H2,1H3/t12-,13+/m0/s1. The fraction of sp³-hybridized carbons (Fsp3) is 0.786. The fourth-order valence-electron chi connectivity index (χ4n) is 3.03. The van der Waals surface area contributed by atoms with Crippen LogP contribution >= 0.6 is 0 Å². The van der Waals surface area contributed by atoms with Gasteiger partial charge in [-0.2, -0.15) is 0 Å². The number of hydrogen-bond donors (Lipinski definition) is 0. The van der Waals surface area contributed by atoms with Crippen LogP contribution in [0, 0.1) is 11.8 Å². The number of carbonyl (C=O) groups excluding carboxylic acids is 1. The summed E-state index contributed by atoms with van der Waals surface area (Å²) in [4.78, 5) is 11.8. The molecular formula is C14H22O2. The first-order chi connectivity index (χ1) is 7.81. The van der Waals surface area contributed by atoms with Crippen LogP contribution in [-0.2, 0) is 9.53 Å². The van der Waals surface area contributed by atoms with E-state index in [1.54, 1.807) is 5.57 Å². The highest BCUT2D eigenvalue weighted by Gasteiger charge is 2.32. The summed E-state index contributed by atoms with van der Waals surface area (Å²) in [5, 5.41) is 0. The highest BCUT2D eigenvalue weighted by atomic mass is 16.5. The van der Waals surface area contributed by atoms with Crippen molar-refractivity contribution < 1.29 is 9.53 Å². The van der Waals surface area contributed by atoms with Gasteiger partial charge in [0.1, 0.15) is 0 Å². The molecule has 0 N–H and O–H groups in total. The van der Waals surface area contributed by atoms with Crippen molar-refractivity contribution in [3.05, 3.63) is 11.6 Å². The Morgan fingerprint density at radius 2 is 2.31 bits per heavy atom. The highest BCUT2D eigenvalue weighted by Crippen LogP contribution is 2.37. The monoisotopic (exact) mass is 222 g/mol. The second-order valence-corrected chi connectivity index (χ2v) is 5.02. The molecule has 2 atom stereocenters. The van der Waals surface area contributed by atoms with Gasteiger partial charge in [0.15, 0.2) is 0 Å². The van der Waals surface area contributed by atoms with Gasteiger partial charge in [0.05, 0.1) is 12.5 Å². The maximum Gasteiger partial charge on any atom is 0.309 e. The number of hydrogen-bond acceptors (Lipinski definition) is 2. The Labute approximate surface area is 98.1 Å². The molecule has 0 amide bonds. The molecule has 2 aliphatic carbocycles. The molecule has 0 spiro atoms. The third kappa shape index (κ3) is 2.66. The molecule has 0 heterocycles. The summed E-state index contributed by atoms with van der Waals surface area (Å²) in [5.41, 5.74) is 1.59. The maximum atomic E-state index is 11.8. The van der Waals surface area contributed by atoms with Crippen molar-refractivity contribution >= 4 is 5.97 Å². The lowest BCUT2D eigenvalue weighted by Crippen LogP contribution is -2.29. The van der Waals surface area contributed by atoms with Crippen molar-refractivity contribution in [2.75, 3.05) is 6.61 Å². The largest absolute Gasteiger partial charge is 0.466 e. The predicted molar refractivity (Wildman–Crippen MR) is 64.0 cm³/mol. The van der Waals surface area contributed by atoms with Crippen LogP contribution in [0.25, 0.3) is 0 Å². The minimum Gasteiger partial charge on any atom is -0.466 e. The van der Waals surface area contributed by atoms with E-state index in [-0.39, 0.29) is 11.9 Å². The van der Waals surface area contributed by atoms with Gasteiger partial charge >= 0.3 is 5.97 Å². The van der Waals surface area contributed by atoms with Gasteiger partial charge in [0, 0.05) is 0 Å². The lowest BCUT2D eigenvalue weighted by atomic mass is 9.74. The molecular weight excluding hydrogens is 200 g/mol. The summed E-state index contributed by atoms with van der Waals surface area (Å²) in [5.74, 6) is 0.726. The van der Waals surface area contributed by atoms with Crippen molar-refractivity contribution in [2.24, 2.45) is 11.8 Å². The first-order valence-electron chi connectivity index (χ1n) is 6.65. The molecule has 90 valence electrons. The average Bonchev–Trinajstić information content (AvgIpc) is 2.26. The van der Waals surface area contributed by atoms with E-state index >= 15 is 0 Å². The Kier molecular flexibility index (Phi) is 4.03. The Morgan fingerprint density at radius 3 is 3.12 bits per heavy atom. The van der Waals surface area contributed by atoms with Crippen LogP contribution in [0.1, 0.15) is 51.9 Å². The molecule has 2 rings (SSSR count). The van der Waals surface area contributed by atoms with E-state index in [1.807, 2.05) is 6.92 Å². The molecule has 0 aromatic carbocycles. The van der Waals surface area contributed by atoms with Gasteiger partial charge in [-0.15, -0.1) is 0 Å². The third-order valence-electron chi connectivity index (χ3n) is 3.92. The number of esters is 1. The molecule has 2 bridgehead atoms. The van der Waals surface area contributed by atoms with E-state index in [4.69, 9.17) is 4.74 Å². The first-order valence-corrected chi connectivity index (χ1v) is 6.65. The molecule has 0 radical (unpaired) electrons. The van der Waals surface area contributed by atoms with Crippen molar-refractivity contribution in [2.45, 2.75) is 51.9 Å². The van der Waals surface area contributed by atoms with Gasteiger partial charge < -0.3 is 4.74 Å². The summed E-state index contributed by atoms with van der Waals surface area (Å²) in [6, 6.07) is 0. The summed E-state index contributed by atoms with van der Waals surface area (Å²) in [6.45, 7) is 2.40. The zero-order chi connectivity index (χ0) is 11.4. The first kappa shape index (κ1) is 11.7. The Morgan fingerprint density at radius 1 is 1.44 bits per heavy atom. The van der Waals surface area contributed by atoms with Gasteiger partial charge in [-0.25, -0.2) is 0 Å². The maximum absolute atomic E-state index is 11.8. The number of fused-ring (bicyclic) bond motifs is 2. The third-order valence-corrected chi connectivity index (χ3v) is 3.92. The minimum absolute atomic E-state index is 0.0309. The van der Waals surface area contributed by atoms with Crippen LogP contribution in [0.5, 0.6) is 0 Å². The zero-order valence-electron chi connectivity index (χ0n) is 10.2. The SMILES string of the molecule is CCOC(=O)[C@@H]1CC=C2CCCCC[C@H]1C2. The van der Waals surface area contributed by atoms with E-state index in [1.165, 1.54) is 32.1 Å². The molecule has 2 heteroatoms. The van der Waals surface area contributed by atoms with E-state index in [0.29, 0.717) is 12.5 Å². The van der Waals surface area contributed by atoms with Crippen molar-refractivity contribution in [3.8, 4) is 0 Å². The van der Waals surface area contributed by atoms with E-state index < -0.39 is 0 Å². The fourth-order valence-corrected chi connectivity index (χ4v) is 3.03. The van der Waals surface area contributed by atoms with Gasteiger partial charge in [0.25, 0.3) is 0 Å². The van der Waals surface area contributed by atoms with Gasteiger partial charge in [-0.1, -0.05) is 24.5 Å². The normalized spacial score (nSPS) is 29.9. The lowest BCUT2D eigenvalue weighted by molar-refractivity contribution is -0.150. The molecule has 1 fully saturated rings. The molecule has 0 saturated heterocycles. The summed E-state index contributed by atoms with van der Waals surface area (Å²) in [7, 11) is 0. The van der Waals surface area contributed by atoms with Crippen LogP contribution in [0.15, 0.2) is 11.6 Å². The van der Waals surface area contributed by atoms with Crippen LogP contribution < -0.4 is 0 Å². The minimum atomic E-state index is 0.0309. The molecule has 2 nitrogen and oxygen atoms in total. The smallest absolute Gasteiger partial charge is 0.309 e. The quantitative estimate of drug-likeness (QED) is 0.528. The average molecular weight is 222 g/mol. The molecule has 2 aliphatic rings. The Balaban J connectivity index is 2.04. The van der Waals surface area contributed by atoms with Crippen molar-refractivity contribution in [1.82, 2.24) is 0 Å². The molecule has 0 aromatic heterocycles. The van der Waals surface area contributed by atoms with Crippen LogP contribution in [0.4, 0.5) is 0 Å². The Hall–Kier alpha value is -0.790. The van der Waals surface area contributed by atoms with Gasteiger partial charge in [-0.05, 0) is 44.9 Å². The number of allylic oxidation sites excluding steroid dienone is 2. The Bertz CT molecular complexity index is 280. The highest BCUT2D eigenvalue weighted by molar-refractivity contribution is 5.73. The van der Waals surface area contributed by atoms with Gasteiger partial charge in [0.2, 0.25) is 0 Å². The number of ether oxygens (including phenoxy) is 1. The second-order valence-electron chi connectivity index (χ2n) is 5.02. The molecule has 16 heavy (non-hydrogen) atoms. The van der Waals surface area contributed by atoms with E-state index in [9.17, 15) is 4.79 Å². The molecule has 0 unspecified atom stereocenters. The van der Waals surface area contributed by atoms with Crippen LogP contribution in [0.2, 0.25) is 0 Å².